The van der Waals surface area contributed by atoms with E-state index in [1.54, 1.807) is 12.1 Å². The molecule has 0 bridgehead atoms. The van der Waals surface area contributed by atoms with Crippen LogP contribution in [0.4, 0.5) is 4.39 Å². The molecule has 1 aromatic rings. The highest BCUT2D eigenvalue weighted by atomic mass is 79.9. The van der Waals surface area contributed by atoms with Gasteiger partial charge in [-0.15, -0.1) is 0 Å². The average molecular weight is 306 g/mol. The van der Waals surface area contributed by atoms with Crippen molar-refractivity contribution in [3.63, 3.8) is 0 Å². The first kappa shape index (κ1) is 12.2. The fraction of sp³-hybridized carbons (Fsp3) is 0.455. The van der Waals surface area contributed by atoms with Gasteiger partial charge in [-0.3, -0.25) is 4.21 Å². The molecule has 1 saturated heterocycles. The van der Waals surface area contributed by atoms with E-state index in [0.29, 0.717) is 17.1 Å². The SMILES string of the molecule is CC1CS(=O)CC(c2cc(Br)ccc2F)N1. The fourth-order valence-corrected chi connectivity index (χ4v) is 3.75. The Kier molecular flexibility index (Phi) is 3.77. The van der Waals surface area contributed by atoms with Crippen molar-refractivity contribution in [2.75, 3.05) is 11.5 Å². The molecular weight excluding hydrogens is 293 g/mol. The molecule has 16 heavy (non-hydrogen) atoms. The van der Waals surface area contributed by atoms with Gasteiger partial charge < -0.3 is 5.32 Å². The first-order valence-electron chi connectivity index (χ1n) is 5.12. The highest BCUT2D eigenvalue weighted by Gasteiger charge is 2.26. The monoisotopic (exact) mass is 305 g/mol. The summed E-state index contributed by atoms with van der Waals surface area (Å²) in [4.78, 5) is 0. The lowest BCUT2D eigenvalue weighted by Crippen LogP contribution is -2.43. The smallest absolute Gasteiger partial charge is 0.128 e. The number of rotatable bonds is 1. The predicted octanol–water partition coefficient (Wildman–Crippen LogP) is 2.37. The van der Waals surface area contributed by atoms with Crippen LogP contribution in [0.25, 0.3) is 0 Å². The number of hydrogen-bond acceptors (Lipinski definition) is 2. The van der Waals surface area contributed by atoms with Gasteiger partial charge in [0.2, 0.25) is 0 Å². The van der Waals surface area contributed by atoms with Crippen LogP contribution in [-0.4, -0.2) is 21.8 Å². The van der Waals surface area contributed by atoms with E-state index in [1.807, 2.05) is 6.92 Å². The maximum Gasteiger partial charge on any atom is 0.128 e. The Morgan fingerprint density at radius 3 is 2.94 bits per heavy atom. The minimum absolute atomic E-state index is 0.151. The number of halogens is 2. The zero-order valence-electron chi connectivity index (χ0n) is 8.87. The summed E-state index contributed by atoms with van der Waals surface area (Å²) in [6.45, 7) is 1.97. The Hall–Kier alpha value is -0.260. The van der Waals surface area contributed by atoms with Crippen LogP contribution in [-0.2, 0) is 10.8 Å². The third-order valence-corrected chi connectivity index (χ3v) is 4.68. The van der Waals surface area contributed by atoms with E-state index in [2.05, 4.69) is 21.2 Å². The lowest BCUT2D eigenvalue weighted by Gasteiger charge is -2.28. The molecule has 0 aromatic heterocycles. The van der Waals surface area contributed by atoms with Crippen molar-refractivity contribution < 1.29 is 8.60 Å². The lowest BCUT2D eigenvalue weighted by molar-refractivity contribution is 0.470. The summed E-state index contributed by atoms with van der Waals surface area (Å²) in [5, 5.41) is 3.28. The van der Waals surface area contributed by atoms with Gasteiger partial charge in [-0.1, -0.05) is 15.9 Å². The second kappa shape index (κ2) is 4.94. The molecule has 0 spiro atoms. The first-order chi connectivity index (χ1) is 7.56. The van der Waals surface area contributed by atoms with Crippen molar-refractivity contribution in [2.45, 2.75) is 19.0 Å². The summed E-state index contributed by atoms with van der Waals surface area (Å²) in [6.07, 6.45) is 0. The van der Waals surface area contributed by atoms with E-state index >= 15 is 0 Å². The molecule has 1 aliphatic rings. The number of benzene rings is 1. The quantitative estimate of drug-likeness (QED) is 0.863. The second-order valence-corrected chi connectivity index (χ2v) is 6.52. The van der Waals surface area contributed by atoms with Gasteiger partial charge in [-0.05, 0) is 25.1 Å². The third kappa shape index (κ3) is 2.70. The zero-order valence-corrected chi connectivity index (χ0v) is 11.3. The van der Waals surface area contributed by atoms with Gasteiger partial charge in [0, 0.05) is 44.4 Å². The van der Waals surface area contributed by atoms with Crippen LogP contribution < -0.4 is 5.32 Å². The van der Waals surface area contributed by atoms with Crippen LogP contribution in [0.15, 0.2) is 22.7 Å². The molecule has 1 aromatic carbocycles. The summed E-state index contributed by atoms with van der Waals surface area (Å²) in [7, 11) is -0.860. The maximum atomic E-state index is 13.6. The van der Waals surface area contributed by atoms with E-state index in [9.17, 15) is 8.60 Å². The molecule has 1 aliphatic heterocycles. The molecule has 5 heteroatoms. The molecule has 2 rings (SSSR count). The lowest BCUT2D eigenvalue weighted by atomic mass is 10.1. The Balaban J connectivity index is 2.29. The Bertz CT molecular complexity index is 426. The van der Waals surface area contributed by atoms with Gasteiger partial charge in [0.15, 0.2) is 0 Å². The largest absolute Gasteiger partial charge is 0.306 e. The zero-order chi connectivity index (χ0) is 11.7. The molecule has 0 aliphatic carbocycles. The topological polar surface area (TPSA) is 29.1 Å². The normalized spacial score (nSPS) is 30.3. The van der Waals surface area contributed by atoms with E-state index in [0.717, 1.165) is 4.47 Å². The van der Waals surface area contributed by atoms with Gasteiger partial charge in [0.1, 0.15) is 5.82 Å². The van der Waals surface area contributed by atoms with Gasteiger partial charge in [0.25, 0.3) is 0 Å². The number of nitrogens with one attached hydrogen (secondary N) is 1. The maximum absolute atomic E-state index is 13.6. The fourth-order valence-electron chi connectivity index (χ4n) is 1.93. The van der Waals surface area contributed by atoms with Crippen LogP contribution in [0.2, 0.25) is 0 Å². The minimum atomic E-state index is -0.860. The van der Waals surface area contributed by atoms with E-state index in [-0.39, 0.29) is 17.9 Å². The Morgan fingerprint density at radius 2 is 2.25 bits per heavy atom. The molecule has 1 heterocycles. The highest BCUT2D eigenvalue weighted by Crippen LogP contribution is 2.25. The summed E-state index contributed by atoms with van der Waals surface area (Å²) >= 11 is 3.32. The minimum Gasteiger partial charge on any atom is -0.306 e. The Morgan fingerprint density at radius 1 is 1.50 bits per heavy atom. The molecule has 0 radical (unpaired) electrons. The summed E-state index contributed by atoms with van der Waals surface area (Å²) in [5.41, 5.74) is 0.592. The molecule has 3 atom stereocenters. The van der Waals surface area contributed by atoms with E-state index in [4.69, 9.17) is 0 Å². The van der Waals surface area contributed by atoms with Crippen molar-refractivity contribution in [1.82, 2.24) is 5.32 Å². The first-order valence-corrected chi connectivity index (χ1v) is 7.40. The molecule has 88 valence electrons. The summed E-state index contributed by atoms with van der Waals surface area (Å²) in [6, 6.07) is 4.87. The van der Waals surface area contributed by atoms with Crippen LogP contribution in [0, 0.1) is 5.82 Å². The summed E-state index contributed by atoms with van der Waals surface area (Å²) < 4.78 is 26.1. The van der Waals surface area contributed by atoms with Crippen molar-refractivity contribution in [2.24, 2.45) is 0 Å². The van der Waals surface area contributed by atoms with Gasteiger partial charge in [-0.25, -0.2) is 4.39 Å². The van der Waals surface area contributed by atoms with Crippen molar-refractivity contribution in [3.05, 3.63) is 34.1 Å². The summed E-state index contributed by atoms with van der Waals surface area (Å²) in [5.74, 6) is 0.885. The van der Waals surface area contributed by atoms with Crippen LogP contribution >= 0.6 is 15.9 Å². The predicted molar refractivity (Wildman–Crippen MR) is 67.3 cm³/mol. The second-order valence-electron chi connectivity index (χ2n) is 4.06. The number of hydrogen-bond donors (Lipinski definition) is 1. The van der Waals surface area contributed by atoms with Crippen molar-refractivity contribution in [1.29, 1.82) is 0 Å². The average Bonchev–Trinajstić information content (AvgIpc) is 2.20. The molecule has 1 N–H and O–H groups in total. The highest BCUT2D eigenvalue weighted by molar-refractivity contribution is 9.10. The van der Waals surface area contributed by atoms with Gasteiger partial charge >= 0.3 is 0 Å². The third-order valence-electron chi connectivity index (χ3n) is 2.61. The molecule has 0 saturated carbocycles. The van der Waals surface area contributed by atoms with Gasteiger partial charge in [-0.2, -0.15) is 0 Å². The Labute approximate surface area is 105 Å². The molecular formula is C11H13BrFNOS. The van der Waals surface area contributed by atoms with Crippen molar-refractivity contribution in [3.8, 4) is 0 Å². The van der Waals surface area contributed by atoms with Crippen LogP contribution in [0.1, 0.15) is 18.5 Å². The standard InChI is InChI=1S/C11H13BrFNOS/c1-7-5-16(15)6-11(14-7)9-4-8(12)2-3-10(9)13/h2-4,7,11,14H,5-6H2,1H3. The molecule has 3 unspecified atom stereocenters. The van der Waals surface area contributed by atoms with E-state index < -0.39 is 10.8 Å². The van der Waals surface area contributed by atoms with Crippen molar-refractivity contribution >= 4 is 26.7 Å². The van der Waals surface area contributed by atoms with Crippen LogP contribution in [0.3, 0.4) is 0 Å². The molecule has 0 amide bonds. The molecule has 2 nitrogen and oxygen atoms in total. The van der Waals surface area contributed by atoms with E-state index in [1.165, 1.54) is 6.07 Å². The van der Waals surface area contributed by atoms with Crippen LogP contribution in [0.5, 0.6) is 0 Å². The molecule has 1 fully saturated rings. The van der Waals surface area contributed by atoms with Gasteiger partial charge in [0.05, 0.1) is 0 Å².